The Bertz CT molecular complexity index is 2130. The molecule has 0 saturated carbocycles. The van der Waals surface area contributed by atoms with E-state index in [2.05, 4.69) is 37.4 Å². The average molecular weight is 572 g/mol. The lowest BCUT2D eigenvalue weighted by atomic mass is 10.1. The predicted octanol–water partition coefficient (Wildman–Crippen LogP) is 4.06. The van der Waals surface area contributed by atoms with E-state index in [1.54, 1.807) is 37.5 Å². The normalized spacial score (nSPS) is 11.9. The Morgan fingerprint density at radius 3 is 2.49 bits per heavy atom. The summed E-state index contributed by atoms with van der Waals surface area (Å²) in [6.45, 7) is 7.69. The zero-order chi connectivity index (χ0) is 30.2. The molecule has 4 N–H and O–H groups in total. The Kier molecular flexibility index (Phi) is 6.95. The lowest BCUT2D eigenvalue weighted by molar-refractivity contribution is 0.0940. The van der Waals surface area contributed by atoms with Gasteiger partial charge in [-0.05, 0) is 50.1 Å². The number of H-pyrrole nitrogens is 1. The van der Waals surface area contributed by atoms with Gasteiger partial charge < -0.3 is 11.1 Å². The predicted molar refractivity (Wildman–Crippen MR) is 164 cm³/mol. The first kappa shape index (κ1) is 27.4. The molecule has 0 spiro atoms. The van der Waals surface area contributed by atoms with E-state index < -0.39 is 11.9 Å². The van der Waals surface area contributed by atoms with Crippen LogP contribution in [-0.2, 0) is 0 Å². The van der Waals surface area contributed by atoms with Gasteiger partial charge in [-0.1, -0.05) is 50.0 Å². The van der Waals surface area contributed by atoms with Gasteiger partial charge >= 0.3 is 0 Å². The highest BCUT2D eigenvalue weighted by Gasteiger charge is 2.25. The van der Waals surface area contributed by atoms with Crippen molar-refractivity contribution in [2.75, 3.05) is 5.73 Å². The van der Waals surface area contributed by atoms with Crippen molar-refractivity contribution in [3.05, 3.63) is 111 Å². The number of carbonyl (C=O) groups is 1. The molecule has 6 rings (SSSR count). The third kappa shape index (κ3) is 4.99. The Morgan fingerprint density at radius 1 is 1.00 bits per heavy atom. The van der Waals surface area contributed by atoms with Crippen molar-refractivity contribution in [1.29, 1.82) is 0 Å². The number of benzene rings is 2. The summed E-state index contributed by atoms with van der Waals surface area (Å²) in [5.41, 5.74) is 10.4. The molecule has 0 radical (unpaired) electrons. The number of nitrogens with zero attached hydrogens (tertiary/aromatic N) is 6. The molecule has 0 bridgehead atoms. The number of fused-ring (bicyclic) bond motifs is 2. The number of para-hydroxylation sites is 1. The SMILES string of the molecule is Cc1[nH]ncc1C#Cc1cccc2nc([C@H](C)NC(=O)c3c(N)nn4ccc(C(C)C)nc34)n(-c3ccccc3)c(=O)c12. The topological polar surface area (TPSA) is 149 Å². The standard InChI is InChI=1S/C32H29N9O2/c1-18(2)24-15-16-40-30(36-24)27(28(33)39-40)31(42)35-20(4)29-37-25-12-8-9-21(13-14-22-17-34-38-19(22)3)26(25)32(43)41(29)23-10-6-5-7-11-23/h5-12,15-18,20H,1-4H3,(H2,33,39)(H,34,38)(H,35,42)/t20-/m0/s1. The van der Waals surface area contributed by atoms with Crippen molar-refractivity contribution in [3.63, 3.8) is 0 Å². The van der Waals surface area contributed by atoms with Crippen LogP contribution in [0.15, 0.2) is 71.8 Å². The summed E-state index contributed by atoms with van der Waals surface area (Å²) in [6, 6.07) is 15.7. The first-order valence-electron chi connectivity index (χ1n) is 13.8. The lowest BCUT2D eigenvalue weighted by Crippen LogP contribution is -2.33. The maximum Gasteiger partial charge on any atom is 0.267 e. The molecular formula is C32H29N9O2. The number of nitrogens with two attached hydrogens (primary N) is 1. The molecule has 0 unspecified atom stereocenters. The molecule has 6 aromatic rings. The number of aromatic amines is 1. The van der Waals surface area contributed by atoms with E-state index in [9.17, 15) is 9.59 Å². The minimum absolute atomic E-state index is 0.0566. The van der Waals surface area contributed by atoms with E-state index >= 15 is 0 Å². The molecule has 2 aromatic carbocycles. The van der Waals surface area contributed by atoms with Crippen LogP contribution in [0.4, 0.5) is 5.82 Å². The summed E-state index contributed by atoms with van der Waals surface area (Å²) in [5.74, 6) is 6.29. The molecule has 0 aliphatic heterocycles. The van der Waals surface area contributed by atoms with Gasteiger partial charge in [-0.3, -0.25) is 19.3 Å². The maximum atomic E-state index is 14.2. The molecule has 1 atom stereocenters. The largest absolute Gasteiger partial charge is 0.381 e. The van der Waals surface area contributed by atoms with Gasteiger partial charge in [0.1, 0.15) is 11.4 Å². The van der Waals surface area contributed by atoms with Crippen LogP contribution in [0.2, 0.25) is 0 Å². The van der Waals surface area contributed by atoms with Crippen LogP contribution in [-0.4, -0.2) is 40.3 Å². The number of nitrogen functional groups attached to an aromatic ring is 1. The Labute approximate surface area is 246 Å². The van der Waals surface area contributed by atoms with Gasteiger partial charge in [-0.15, -0.1) is 5.10 Å². The van der Waals surface area contributed by atoms with Gasteiger partial charge in [-0.25, -0.2) is 14.5 Å². The Morgan fingerprint density at radius 2 is 1.77 bits per heavy atom. The van der Waals surface area contributed by atoms with Crippen molar-refractivity contribution in [2.24, 2.45) is 0 Å². The van der Waals surface area contributed by atoms with Crippen molar-refractivity contribution in [1.82, 2.24) is 39.7 Å². The maximum absolute atomic E-state index is 14.2. The lowest BCUT2D eigenvalue weighted by Gasteiger charge is -2.20. The number of aryl methyl sites for hydroxylation is 1. The molecule has 43 heavy (non-hydrogen) atoms. The van der Waals surface area contributed by atoms with E-state index in [1.807, 2.05) is 57.2 Å². The van der Waals surface area contributed by atoms with E-state index in [0.29, 0.717) is 33.6 Å². The van der Waals surface area contributed by atoms with E-state index in [1.165, 1.54) is 9.08 Å². The summed E-state index contributed by atoms with van der Waals surface area (Å²) in [6.07, 6.45) is 3.38. The Balaban J connectivity index is 1.46. The van der Waals surface area contributed by atoms with Crippen molar-refractivity contribution >= 4 is 28.3 Å². The number of amides is 1. The van der Waals surface area contributed by atoms with E-state index in [4.69, 9.17) is 10.7 Å². The van der Waals surface area contributed by atoms with Crippen LogP contribution in [0.5, 0.6) is 0 Å². The zero-order valence-electron chi connectivity index (χ0n) is 24.1. The zero-order valence-corrected chi connectivity index (χ0v) is 24.1. The molecule has 0 fully saturated rings. The summed E-state index contributed by atoms with van der Waals surface area (Å²) >= 11 is 0. The second-order valence-corrected chi connectivity index (χ2v) is 10.5. The van der Waals surface area contributed by atoms with E-state index in [0.717, 1.165) is 17.0 Å². The summed E-state index contributed by atoms with van der Waals surface area (Å²) < 4.78 is 3.00. The minimum Gasteiger partial charge on any atom is -0.381 e. The molecule has 0 aliphatic carbocycles. The number of aromatic nitrogens is 7. The highest BCUT2D eigenvalue weighted by atomic mass is 16.2. The van der Waals surface area contributed by atoms with Gasteiger partial charge in [-0.2, -0.15) is 5.10 Å². The molecule has 0 aliphatic rings. The second kappa shape index (κ2) is 10.9. The molecule has 11 heteroatoms. The number of anilines is 1. The van der Waals surface area contributed by atoms with Crippen LogP contribution in [0.1, 0.15) is 71.4 Å². The minimum atomic E-state index is -0.698. The number of carbonyl (C=O) groups excluding carboxylic acids is 1. The van der Waals surface area contributed by atoms with Crippen LogP contribution in [0.25, 0.3) is 22.2 Å². The number of hydrogen-bond donors (Lipinski definition) is 3. The van der Waals surface area contributed by atoms with Gasteiger partial charge in [0.25, 0.3) is 11.5 Å². The smallest absolute Gasteiger partial charge is 0.267 e. The summed E-state index contributed by atoms with van der Waals surface area (Å²) in [4.78, 5) is 37.4. The van der Waals surface area contributed by atoms with Gasteiger partial charge in [0.2, 0.25) is 0 Å². The van der Waals surface area contributed by atoms with Crippen molar-refractivity contribution in [2.45, 2.75) is 39.7 Å². The number of hydrogen-bond acceptors (Lipinski definition) is 7. The van der Waals surface area contributed by atoms with Crippen LogP contribution in [0, 0.1) is 18.8 Å². The Hall–Kier alpha value is -5.76. The highest BCUT2D eigenvalue weighted by molar-refractivity contribution is 6.04. The summed E-state index contributed by atoms with van der Waals surface area (Å²) in [5, 5.41) is 14.5. The molecule has 11 nitrogen and oxygen atoms in total. The van der Waals surface area contributed by atoms with Crippen LogP contribution >= 0.6 is 0 Å². The molecule has 4 heterocycles. The second-order valence-electron chi connectivity index (χ2n) is 10.5. The first-order chi connectivity index (χ1) is 20.7. The molecule has 0 saturated heterocycles. The number of rotatable bonds is 5. The fraction of sp³-hybridized carbons (Fsp3) is 0.188. The fourth-order valence-corrected chi connectivity index (χ4v) is 4.91. The van der Waals surface area contributed by atoms with Crippen molar-refractivity contribution < 1.29 is 4.79 Å². The van der Waals surface area contributed by atoms with Gasteiger partial charge in [0.05, 0.1) is 34.4 Å². The molecule has 1 amide bonds. The average Bonchev–Trinajstić information content (AvgIpc) is 3.56. The number of nitrogens with one attached hydrogen (secondary N) is 2. The fourth-order valence-electron chi connectivity index (χ4n) is 4.91. The molecule has 214 valence electrons. The third-order valence-electron chi connectivity index (χ3n) is 7.19. The third-order valence-corrected chi connectivity index (χ3v) is 7.19. The van der Waals surface area contributed by atoms with Gasteiger partial charge in [0, 0.05) is 23.1 Å². The van der Waals surface area contributed by atoms with Crippen LogP contribution < -0.4 is 16.6 Å². The first-order valence-corrected chi connectivity index (χ1v) is 13.8. The molecule has 4 aromatic heterocycles. The summed E-state index contributed by atoms with van der Waals surface area (Å²) in [7, 11) is 0. The molecular weight excluding hydrogens is 542 g/mol. The van der Waals surface area contributed by atoms with Crippen LogP contribution in [0.3, 0.4) is 0 Å². The monoisotopic (exact) mass is 571 g/mol. The van der Waals surface area contributed by atoms with E-state index in [-0.39, 0.29) is 22.9 Å². The quantitative estimate of drug-likeness (QED) is 0.264. The highest BCUT2D eigenvalue weighted by Crippen LogP contribution is 2.23. The van der Waals surface area contributed by atoms with Gasteiger partial charge in [0.15, 0.2) is 11.5 Å². The van der Waals surface area contributed by atoms with Crippen molar-refractivity contribution in [3.8, 4) is 17.5 Å².